The van der Waals surface area contributed by atoms with Crippen molar-refractivity contribution in [1.29, 1.82) is 0 Å². The van der Waals surface area contributed by atoms with E-state index in [9.17, 15) is 4.79 Å². The Balaban J connectivity index is 0.000000956. The number of likely N-dealkylation sites (N-methyl/N-ethyl adjacent to an activating group) is 1. The number of aliphatic imine (C=N–C) groups is 1. The molecule has 0 aromatic heterocycles. The summed E-state index contributed by atoms with van der Waals surface area (Å²) in [4.78, 5) is 17.7. The summed E-state index contributed by atoms with van der Waals surface area (Å²) >= 11 is 0. The molecule has 1 aliphatic heterocycles. The highest BCUT2D eigenvalue weighted by Crippen LogP contribution is 2.27. The normalized spacial score (nSPS) is 17.2. The van der Waals surface area contributed by atoms with Crippen molar-refractivity contribution in [3.05, 3.63) is 42.1 Å². The zero-order valence-electron chi connectivity index (χ0n) is 12.9. The topological polar surface area (TPSA) is 44.7 Å². The van der Waals surface area contributed by atoms with E-state index in [0.717, 1.165) is 22.7 Å². The van der Waals surface area contributed by atoms with Gasteiger partial charge in [0.15, 0.2) is 6.17 Å². The number of hydrogen-bond acceptors (Lipinski definition) is 3. The molecule has 0 aliphatic carbocycles. The molecule has 0 spiro atoms. The summed E-state index contributed by atoms with van der Waals surface area (Å²) < 4.78 is 0. The predicted octanol–water partition coefficient (Wildman–Crippen LogP) is 2.95. The van der Waals surface area contributed by atoms with Gasteiger partial charge in [-0.2, -0.15) is 0 Å². The fourth-order valence-electron chi connectivity index (χ4n) is 2.06. The number of amides is 1. The maximum atomic E-state index is 11.2. The Hall–Kier alpha value is -2.10. The molecule has 1 amide bonds. The van der Waals surface area contributed by atoms with Gasteiger partial charge in [-0.3, -0.25) is 9.79 Å². The standard InChI is InChI=1S/C14H17N3O.C2H6/c1-9-12-7-5-6-8-13(12)17(4)10(2)14(15-9)16-11(3)18;1-2/h5-8,14H,2H2,1,3-4H3,(H,16,18);1-2H3. The molecule has 4 nitrogen and oxygen atoms in total. The quantitative estimate of drug-likeness (QED) is 0.855. The number of rotatable bonds is 1. The Kier molecular flexibility index (Phi) is 5.50. The minimum absolute atomic E-state index is 0.114. The van der Waals surface area contributed by atoms with Crippen LogP contribution in [0.1, 0.15) is 33.3 Å². The lowest BCUT2D eigenvalue weighted by atomic mass is 10.1. The number of fused-ring (bicyclic) bond motifs is 1. The number of anilines is 1. The van der Waals surface area contributed by atoms with E-state index in [4.69, 9.17) is 0 Å². The lowest BCUT2D eigenvalue weighted by molar-refractivity contribution is -0.119. The van der Waals surface area contributed by atoms with Crippen molar-refractivity contribution >= 4 is 17.3 Å². The zero-order chi connectivity index (χ0) is 15.3. The number of carbonyl (C=O) groups excluding carboxylic acids is 1. The van der Waals surface area contributed by atoms with E-state index in [1.165, 1.54) is 6.92 Å². The van der Waals surface area contributed by atoms with Gasteiger partial charge in [0.2, 0.25) is 5.91 Å². The predicted molar refractivity (Wildman–Crippen MR) is 85.1 cm³/mol. The molecule has 2 rings (SSSR count). The van der Waals surface area contributed by atoms with E-state index in [0.29, 0.717) is 0 Å². The minimum atomic E-state index is -0.403. The Labute approximate surface area is 121 Å². The molecule has 0 fully saturated rings. The van der Waals surface area contributed by atoms with Crippen LogP contribution in [0, 0.1) is 0 Å². The Morgan fingerprint density at radius 2 is 1.95 bits per heavy atom. The summed E-state index contributed by atoms with van der Waals surface area (Å²) in [7, 11) is 1.93. The molecule has 0 saturated heterocycles. The van der Waals surface area contributed by atoms with E-state index in [1.807, 2.05) is 57.0 Å². The summed E-state index contributed by atoms with van der Waals surface area (Å²) in [6, 6.07) is 8.01. The van der Waals surface area contributed by atoms with Gasteiger partial charge in [-0.05, 0) is 13.0 Å². The second-order valence-corrected chi connectivity index (χ2v) is 4.39. The van der Waals surface area contributed by atoms with Gasteiger partial charge in [-0.25, -0.2) is 0 Å². The Bertz CT molecular complexity index is 534. The molecule has 1 heterocycles. The van der Waals surface area contributed by atoms with Crippen LogP contribution < -0.4 is 10.2 Å². The number of nitrogens with one attached hydrogen (secondary N) is 1. The summed E-state index contributed by atoms with van der Waals surface area (Å²) in [6.07, 6.45) is -0.403. The molecule has 1 unspecified atom stereocenters. The van der Waals surface area contributed by atoms with Crippen molar-refractivity contribution in [3.8, 4) is 0 Å². The van der Waals surface area contributed by atoms with Gasteiger partial charge in [0.05, 0.1) is 5.70 Å². The zero-order valence-corrected chi connectivity index (χ0v) is 12.9. The van der Waals surface area contributed by atoms with Crippen molar-refractivity contribution in [2.45, 2.75) is 33.9 Å². The average molecular weight is 273 g/mol. The first-order chi connectivity index (χ1) is 9.50. The SMILES string of the molecule is C=C1C(NC(C)=O)N=C(C)c2ccccc2N1C.CC. The average Bonchev–Trinajstić information content (AvgIpc) is 2.53. The molecule has 1 aliphatic rings. The van der Waals surface area contributed by atoms with Crippen molar-refractivity contribution in [2.24, 2.45) is 4.99 Å². The maximum absolute atomic E-state index is 11.2. The highest BCUT2D eigenvalue weighted by atomic mass is 16.1. The monoisotopic (exact) mass is 273 g/mol. The number of benzene rings is 1. The van der Waals surface area contributed by atoms with E-state index in [2.05, 4.69) is 16.9 Å². The third-order valence-electron chi connectivity index (χ3n) is 3.06. The van der Waals surface area contributed by atoms with E-state index in [-0.39, 0.29) is 5.91 Å². The molecule has 20 heavy (non-hydrogen) atoms. The lowest BCUT2D eigenvalue weighted by Crippen LogP contribution is -2.37. The molecule has 4 heteroatoms. The molecule has 108 valence electrons. The third kappa shape index (κ3) is 3.26. The van der Waals surface area contributed by atoms with Gasteiger partial charge in [-0.1, -0.05) is 38.6 Å². The molecular formula is C16H23N3O. The van der Waals surface area contributed by atoms with Crippen molar-refractivity contribution in [2.75, 3.05) is 11.9 Å². The second kappa shape index (κ2) is 6.89. The molecule has 0 bridgehead atoms. The van der Waals surface area contributed by atoms with Gasteiger partial charge >= 0.3 is 0 Å². The van der Waals surface area contributed by atoms with E-state index < -0.39 is 6.17 Å². The van der Waals surface area contributed by atoms with Gasteiger partial charge in [0.25, 0.3) is 0 Å². The number of nitrogens with zero attached hydrogens (tertiary/aromatic N) is 2. The molecule has 1 aromatic carbocycles. The third-order valence-corrected chi connectivity index (χ3v) is 3.06. The maximum Gasteiger partial charge on any atom is 0.218 e. The van der Waals surface area contributed by atoms with Crippen LogP contribution in [0.2, 0.25) is 0 Å². The minimum Gasteiger partial charge on any atom is -0.345 e. The first-order valence-corrected chi connectivity index (χ1v) is 6.84. The Morgan fingerprint density at radius 1 is 1.35 bits per heavy atom. The fourth-order valence-corrected chi connectivity index (χ4v) is 2.06. The molecular weight excluding hydrogens is 250 g/mol. The van der Waals surface area contributed by atoms with Gasteiger partial charge in [-0.15, -0.1) is 0 Å². The Morgan fingerprint density at radius 3 is 2.55 bits per heavy atom. The molecule has 1 aromatic rings. The molecule has 0 radical (unpaired) electrons. The first kappa shape index (κ1) is 16.0. The van der Waals surface area contributed by atoms with Crippen LogP contribution >= 0.6 is 0 Å². The number of para-hydroxylation sites is 1. The first-order valence-electron chi connectivity index (χ1n) is 6.84. The summed E-state index contributed by atoms with van der Waals surface area (Å²) in [6.45, 7) is 11.5. The molecule has 0 saturated carbocycles. The number of hydrogen-bond donors (Lipinski definition) is 1. The molecule has 1 atom stereocenters. The van der Waals surface area contributed by atoms with Crippen LogP contribution in [-0.2, 0) is 4.79 Å². The summed E-state index contributed by atoms with van der Waals surface area (Å²) in [5, 5.41) is 2.80. The van der Waals surface area contributed by atoms with Crippen LogP contribution in [0.4, 0.5) is 5.69 Å². The fraction of sp³-hybridized carbons (Fsp3) is 0.375. The number of benzodiazepines with no additional fused rings is 1. The van der Waals surface area contributed by atoms with Crippen LogP contribution in [0.5, 0.6) is 0 Å². The molecule has 1 N–H and O–H groups in total. The lowest BCUT2D eigenvalue weighted by Gasteiger charge is -2.25. The van der Waals surface area contributed by atoms with Gasteiger partial charge < -0.3 is 10.2 Å². The van der Waals surface area contributed by atoms with Crippen molar-refractivity contribution in [1.82, 2.24) is 5.32 Å². The van der Waals surface area contributed by atoms with Crippen molar-refractivity contribution in [3.63, 3.8) is 0 Å². The largest absolute Gasteiger partial charge is 0.345 e. The van der Waals surface area contributed by atoms with Crippen LogP contribution in [0.3, 0.4) is 0 Å². The van der Waals surface area contributed by atoms with Crippen LogP contribution in [0.25, 0.3) is 0 Å². The highest BCUT2D eigenvalue weighted by molar-refractivity contribution is 6.04. The van der Waals surface area contributed by atoms with Gasteiger partial charge in [0, 0.05) is 30.9 Å². The van der Waals surface area contributed by atoms with E-state index >= 15 is 0 Å². The summed E-state index contributed by atoms with van der Waals surface area (Å²) in [5.74, 6) is -0.114. The van der Waals surface area contributed by atoms with E-state index in [1.54, 1.807) is 0 Å². The highest BCUT2D eigenvalue weighted by Gasteiger charge is 2.23. The van der Waals surface area contributed by atoms with Crippen LogP contribution in [-0.4, -0.2) is 24.8 Å². The second-order valence-electron chi connectivity index (χ2n) is 4.39. The van der Waals surface area contributed by atoms with Crippen molar-refractivity contribution < 1.29 is 4.79 Å². The van der Waals surface area contributed by atoms with Gasteiger partial charge in [0.1, 0.15) is 0 Å². The van der Waals surface area contributed by atoms with Crippen LogP contribution in [0.15, 0.2) is 41.5 Å². The summed E-state index contributed by atoms with van der Waals surface area (Å²) in [5.41, 5.74) is 3.77. The smallest absolute Gasteiger partial charge is 0.218 e. The number of carbonyl (C=O) groups is 1.